The van der Waals surface area contributed by atoms with E-state index in [-0.39, 0.29) is 5.41 Å². The maximum Gasteiger partial charge on any atom is 0.142 e. The van der Waals surface area contributed by atoms with Gasteiger partial charge in [-0.25, -0.2) is 0 Å². The topological polar surface area (TPSA) is 65.2 Å². The lowest BCUT2D eigenvalue weighted by Crippen LogP contribution is -2.10. The highest BCUT2D eigenvalue weighted by Gasteiger charge is 2.12. The first-order valence-electron chi connectivity index (χ1n) is 11.1. The van der Waals surface area contributed by atoms with Crippen LogP contribution in [0.5, 0.6) is 0 Å². The summed E-state index contributed by atoms with van der Waals surface area (Å²) in [7, 11) is 1.94. The van der Waals surface area contributed by atoms with Gasteiger partial charge in [-0.15, -0.1) is 12.8 Å². The highest BCUT2D eigenvalue weighted by molar-refractivity contribution is 5.64. The number of terminal acetylenes is 1. The van der Waals surface area contributed by atoms with Gasteiger partial charge in [0.25, 0.3) is 0 Å². The minimum atomic E-state index is 0.256. The Balaban J connectivity index is -0.000000189. The van der Waals surface area contributed by atoms with E-state index in [0.29, 0.717) is 5.57 Å². The van der Waals surface area contributed by atoms with Gasteiger partial charge in [0.1, 0.15) is 6.29 Å². The largest absolute Gasteiger partial charge is 0.388 e. The van der Waals surface area contributed by atoms with Crippen molar-refractivity contribution in [1.29, 1.82) is 5.26 Å². The van der Waals surface area contributed by atoms with E-state index in [9.17, 15) is 4.79 Å². The molecule has 0 aromatic heterocycles. The van der Waals surface area contributed by atoms with Crippen molar-refractivity contribution in [3.63, 3.8) is 0 Å². The number of allylic oxidation sites excluding steroid dienone is 5. The molecule has 0 fully saturated rings. The lowest BCUT2D eigenvalue weighted by molar-refractivity contribution is -0.104. The third-order valence-electron chi connectivity index (χ3n) is 3.74. The van der Waals surface area contributed by atoms with Gasteiger partial charge >= 0.3 is 0 Å². The van der Waals surface area contributed by atoms with Gasteiger partial charge in [-0.3, -0.25) is 9.79 Å². The molecule has 33 heavy (non-hydrogen) atoms. The SMILES string of the molecule is C#C.C/C=C/C=O.CC.CC=N/C(C/C=C\C)=C(\C)C#N.CNc1ccc(C(C)(C)C)cc1. The van der Waals surface area contributed by atoms with Crippen molar-refractivity contribution in [2.45, 2.75) is 74.1 Å². The Hall–Kier alpha value is -3.37. The predicted molar refractivity (Wildman–Crippen MR) is 149 cm³/mol. The molecule has 4 nitrogen and oxygen atoms in total. The van der Waals surface area contributed by atoms with Crippen molar-refractivity contribution in [3.05, 3.63) is 65.4 Å². The zero-order valence-corrected chi connectivity index (χ0v) is 22.4. The first kappa shape index (κ1) is 37.0. The number of aldehydes is 1. The van der Waals surface area contributed by atoms with Gasteiger partial charge in [-0.2, -0.15) is 5.26 Å². The normalized spacial score (nSPS) is 10.6. The van der Waals surface area contributed by atoms with Crippen LogP contribution in [0.1, 0.15) is 74.3 Å². The van der Waals surface area contributed by atoms with Crippen LogP contribution in [0.15, 0.2) is 64.8 Å². The second-order valence-corrected chi connectivity index (χ2v) is 7.08. The van der Waals surface area contributed by atoms with Crippen LogP contribution in [-0.2, 0) is 10.2 Å². The minimum Gasteiger partial charge on any atom is -0.388 e. The van der Waals surface area contributed by atoms with Crippen LogP contribution in [0.3, 0.4) is 0 Å². The summed E-state index contributed by atoms with van der Waals surface area (Å²) < 4.78 is 0. The van der Waals surface area contributed by atoms with E-state index < -0.39 is 0 Å². The summed E-state index contributed by atoms with van der Waals surface area (Å²) in [5.74, 6) is 0. The fourth-order valence-corrected chi connectivity index (χ4v) is 1.97. The summed E-state index contributed by atoms with van der Waals surface area (Å²) in [5, 5.41) is 11.7. The van der Waals surface area contributed by atoms with Crippen LogP contribution in [0.25, 0.3) is 0 Å². The molecule has 0 aliphatic heterocycles. The van der Waals surface area contributed by atoms with E-state index in [1.165, 1.54) is 17.3 Å². The Labute approximate surface area is 204 Å². The van der Waals surface area contributed by atoms with E-state index in [1.807, 2.05) is 46.9 Å². The van der Waals surface area contributed by atoms with Crippen LogP contribution in [-0.4, -0.2) is 19.5 Å². The van der Waals surface area contributed by atoms with Crippen LogP contribution in [0, 0.1) is 24.2 Å². The second-order valence-electron chi connectivity index (χ2n) is 7.08. The molecular formula is C29H45N3O. The molecule has 0 heterocycles. The molecule has 0 radical (unpaired) electrons. The first-order chi connectivity index (χ1) is 15.7. The maximum absolute atomic E-state index is 9.32. The predicted octanol–water partition coefficient (Wildman–Crippen LogP) is 7.90. The summed E-state index contributed by atoms with van der Waals surface area (Å²) in [6, 6.07) is 10.7. The zero-order valence-electron chi connectivity index (χ0n) is 22.4. The minimum absolute atomic E-state index is 0.256. The van der Waals surface area contributed by atoms with Crippen molar-refractivity contribution in [3.8, 4) is 18.9 Å². The van der Waals surface area contributed by atoms with Crippen LogP contribution in [0.2, 0.25) is 0 Å². The second kappa shape index (κ2) is 26.7. The monoisotopic (exact) mass is 451 g/mol. The van der Waals surface area contributed by atoms with Crippen molar-refractivity contribution >= 4 is 18.2 Å². The Kier molecular flexibility index (Phi) is 29.9. The van der Waals surface area contributed by atoms with E-state index in [4.69, 9.17) is 5.26 Å². The summed E-state index contributed by atoms with van der Waals surface area (Å²) >= 11 is 0. The number of nitrogens with zero attached hydrogens (tertiary/aromatic N) is 2. The quantitative estimate of drug-likeness (QED) is 0.123. The molecule has 1 rings (SSSR count). The summed E-state index contributed by atoms with van der Waals surface area (Å²) in [6.07, 6.45) is 18.3. The highest BCUT2D eigenvalue weighted by Crippen LogP contribution is 2.23. The van der Waals surface area contributed by atoms with E-state index in [1.54, 1.807) is 26.1 Å². The smallest absolute Gasteiger partial charge is 0.142 e. The molecular weight excluding hydrogens is 406 g/mol. The molecule has 1 N–H and O–H groups in total. The zero-order chi connectivity index (χ0) is 26.7. The summed E-state index contributed by atoms with van der Waals surface area (Å²) in [4.78, 5) is 13.4. The highest BCUT2D eigenvalue weighted by atomic mass is 16.1. The first-order valence-corrected chi connectivity index (χ1v) is 11.1. The Morgan fingerprint density at radius 1 is 1.09 bits per heavy atom. The van der Waals surface area contributed by atoms with Gasteiger partial charge in [0.2, 0.25) is 0 Å². The summed E-state index contributed by atoms with van der Waals surface area (Å²) in [6.45, 7) is 18.1. The number of carbonyl (C=O) groups is 1. The maximum atomic E-state index is 9.32. The van der Waals surface area contributed by atoms with Crippen LogP contribution >= 0.6 is 0 Å². The number of aliphatic imine (C=N–C) groups is 1. The van der Waals surface area contributed by atoms with Gasteiger partial charge in [0.15, 0.2) is 0 Å². The van der Waals surface area contributed by atoms with Crippen LogP contribution < -0.4 is 5.32 Å². The third kappa shape index (κ3) is 23.1. The molecule has 1 aromatic carbocycles. The average molecular weight is 452 g/mol. The number of nitriles is 1. The molecule has 0 spiro atoms. The van der Waals surface area contributed by atoms with E-state index in [0.717, 1.165) is 18.4 Å². The number of benzene rings is 1. The van der Waals surface area contributed by atoms with Gasteiger partial charge in [0, 0.05) is 30.9 Å². The van der Waals surface area contributed by atoms with Crippen molar-refractivity contribution < 1.29 is 4.79 Å². The Morgan fingerprint density at radius 3 is 1.88 bits per heavy atom. The molecule has 0 unspecified atom stereocenters. The van der Waals surface area contributed by atoms with Gasteiger partial charge in [0.05, 0.1) is 11.8 Å². The van der Waals surface area contributed by atoms with Gasteiger partial charge in [-0.1, -0.05) is 65.0 Å². The van der Waals surface area contributed by atoms with Gasteiger partial charge in [-0.05, 0) is 56.9 Å². The molecule has 182 valence electrons. The van der Waals surface area contributed by atoms with E-state index in [2.05, 4.69) is 74.3 Å². The lowest BCUT2D eigenvalue weighted by Gasteiger charge is -2.18. The number of hydrogen-bond donors (Lipinski definition) is 1. The molecule has 4 heteroatoms. The van der Waals surface area contributed by atoms with Crippen molar-refractivity contribution in [2.75, 3.05) is 12.4 Å². The third-order valence-corrected chi connectivity index (χ3v) is 3.74. The molecule has 0 atom stereocenters. The molecule has 0 aliphatic rings. The number of hydrogen-bond acceptors (Lipinski definition) is 4. The molecule has 0 saturated carbocycles. The molecule has 1 aromatic rings. The average Bonchev–Trinajstić information content (AvgIpc) is 2.84. The summed E-state index contributed by atoms with van der Waals surface area (Å²) in [5.41, 5.74) is 4.33. The number of rotatable bonds is 5. The molecule has 0 aliphatic carbocycles. The fraction of sp³-hybridized carbons (Fsp3) is 0.414. The van der Waals surface area contributed by atoms with E-state index >= 15 is 0 Å². The molecule has 0 bridgehead atoms. The number of nitrogens with one attached hydrogen (secondary N) is 1. The van der Waals surface area contributed by atoms with Crippen molar-refractivity contribution in [2.24, 2.45) is 4.99 Å². The standard InChI is InChI=1S/C11H17N.C10H14N2.C4H6O.C2H6.C2H2/c1-11(2,3)9-5-7-10(12-4)8-6-9;1-4-6-7-10(12-5-2)9(3)8-11;1-2-3-4-5;2*1-2/h5-8,12H,1-4H3;4-6H,7H2,1-3H3;2-4H,1H3;1-2H3;1-2H/b;6-4-,10-9+,12-5?;3-2+;;. The molecule has 0 amide bonds. The number of anilines is 1. The Morgan fingerprint density at radius 2 is 1.61 bits per heavy atom. The molecule has 0 saturated heterocycles. The fourth-order valence-electron chi connectivity index (χ4n) is 1.97. The van der Waals surface area contributed by atoms with Gasteiger partial charge < -0.3 is 5.32 Å². The lowest BCUT2D eigenvalue weighted by atomic mass is 9.87. The number of carbonyl (C=O) groups excluding carboxylic acids is 1. The Bertz CT molecular complexity index is 766. The van der Waals surface area contributed by atoms with Crippen LogP contribution in [0.4, 0.5) is 5.69 Å². The van der Waals surface area contributed by atoms with Crippen molar-refractivity contribution in [1.82, 2.24) is 0 Å².